The predicted octanol–water partition coefficient (Wildman–Crippen LogP) is 1.64. The number of anilines is 1. The molecule has 0 fully saturated rings. The van der Waals surface area contributed by atoms with Crippen LogP contribution in [0.3, 0.4) is 0 Å². The Bertz CT molecular complexity index is 376. The van der Waals surface area contributed by atoms with Crippen molar-refractivity contribution in [2.75, 3.05) is 25.1 Å². The first-order valence-electron chi connectivity index (χ1n) is 5.23. The molecule has 4 nitrogen and oxygen atoms in total. The fourth-order valence-corrected chi connectivity index (χ4v) is 1.44. The van der Waals surface area contributed by atoms with Gasteiger partial charge in [-0.2, -0.15) is 0 Å². The molecular formula is C11H15ClFNO3. The summed E-state index contributed by atoms with van der Waals surface area (Å²) in [5, 5.41) is 20.6. The van der Waals surface area contributed by atoms with E-state index in [9.17, 15) is 4.39 Å². The molecular weight excluding hydrogens is 249 g/mol. The van der Waals surface area contributed by atoms with Gasteiger partial charge in [0, 0.05) is 6.54 Å². The summed E-state index contributed by atoms with van der Waals surface area (Å²) in [5.74, 6) is -0.623. The van der Waals surface area contributed by atoms with Gasteiger partial charge < -0.3 is 20.3 Å². The van der Waals surface area contributed by atoms with Gasteiger partial charge in [-0.1, -0.05) is 11.6 Å². The second-order valence-corrected chi connectivity index (χ2v) is 3.80. The summed E-state index contributed by atoms with van der Waals surface area (Å²) >= 11 is 5.79. The van der Waals surface area contributed by atoms with Gasteiger partial charge in [-0.15, -0.1) is 0 Å². The highest BCUT2D eigenvalue weighted by Gasteiger charge is 2.14. The normalized spacial score (nSPS) is 12.3. The lowest BCUT2D eigenvalue weighted by Gasteiger charge is -2.14. The van der Waals surface area contributed by atoms with E-state index in [0.717, 1.165) is 0 Å². The molecule has 0 heterocycles. The topological polar surface area (TPSA) is 61.7 Å². The maximum Gasteiger partial charge on any atom is 0.189 e. The second kappa shape index (κ2) is 6.64. The number of hydrogen-bond acceptors (Lipinski definition) is 4. The van der Waals surface area contributed by atoms with Crippen molar-refractivity contribution in [2.24, 2.45) is 0 Å². The molecule has 0 aliphatic rings. The molecule has 1 unspecified atom stereocenters. The first-order valence-corrected chi connectivity index (χ1v) is 5.61. The zero-order valence-corrected chi connectivity index (χ0v) is 10.2. The number of aliphatic hydroxyl groups excluding tert-OH is 2. The lowest BCUT2D eigenvalue weighted by atomic mass is 10.2. The molecule has 0 bridgehead atoms. The van der Waals surface area contributed by atoms with Crippen molar-refractivity contribution in [3.05, 3.63) is 23.0 Å². The van der Waals surface area contributed by atoms with E-state index in [0.29, 0.717) is 6.61 Å². The number of benzene rings is 1. The number of nitrogens with one attached hydrogen (secondary N) is 1. The summed E-state index contributed by atoms with van der Waals surface area (Å²) in [6.07, 6.45) is -0.944. The van der Waals surface area contributed by atoms with Crippen LogP contribution in [0.1, 0.15) is 6.92 Å². The van der Waals surface area contributed by atoms with Crippen molar-refractivity contribution in [3.63, 3.8) is 0 Å². The van der Waals surface area contributed by atoms with Gasteiger partial charge >= 0.3 is 0 Å². The molecule has 0 aromatic heterocycles. The van der Waals surface area contributed by atoms with Crippen molar-refractivity contribution < 1.29 is 19.3 Å². The highest BCUT2D eigenvalue weighted by molar-refractivity contribution is 6.32. The number of hydrogen-bond donors (Lipinski definition) is 3. The Balaban J connectivity index is 2.82. The van der Waals surface area contributed by atoms with Gasteiger partial charge in [-0.05, 0) is 19.1 Å². The zero-order valence-electron chi connectivity index (χ0n) is 9.41. The third-order valence-corrected chi connectivity index (χ3v) is 2.37. The average molecular weight is 264 g/mol. The molecule has 0 aliphatic carbocycles. The highest BCUT2D eigenvalue weighted by Crippen LogP contribution is 2.32. The van der Waals surface area contributed by atoms with Gasteiger partial charge in [-0.25, -0.2) is 4.39 Å². The zero-order chi connectivity index (χ0) is 12.8. The molecule has 0 radical (unpaired) electrons. The van der Waals surface area contributed by atoms with Crippen LogP contribution in [-0.2, 0) is 0 Å². The molecule has 1 atom stereocenters. The minimum absolute atomic E-state index is 0.0161. The first-order chi connectivity index (χ1) is 8.10. The molecule has 0 aliphatic heterocycles. The van der Waals surface area contributed by atoms with Crippen LogP contribution in [0.25, 0.3) is 0 Å². The molecule has 1 aromatic carbocycles. The van der Waals surface area contributed by atoms with Crippen molar-refractivity contribution >= 4 is 17.3 Å². The number of halogens is 2. The third kappa shape index (κ3) is 3.73. The highest BCUT2D eigenvalue weighted by atomic mass is 35.5. The summed E-state index contributed by atoms with van der Waals surface area (Å²) < 4.78 is 18.9. The van der Waals surface area contributed by atoms with E-state index in [1.54, 1.807) is 6.92 Å². The molecule has 1 aromatic rings. The molecule has 17 heavy (non-hydrogen) atoms. The molecule has 3 N–H and O–H groups in total. The molecule has 96 valence electrons. The quantitative estimate of drug-likeness (QED) is 0.730. The SMILES string of the molecule is CCOc1c(Cl)ccc(NCC(O)CO)c1F. The first kappa shape index (κ1) is 14.0. The monoisotopic (exact) mass is 263 g/mol. The van der Waals surface area contributed by atoms with E-state index in [2.05, 4.69) is 5.32 Å². The van der Waals surface area contributed by atoms with Gasteiger partial charge in [0.05, 0.1) is 30.0 Å². The molecule has 1 rings (SSSR count). The van der Waals surface area contributed by atoms with E-state index in [1.807, 2.05) is 0 Å². The van der Waals surface area contributed by atoms with Crippen molar-refractivity contribution in [1.82, 2.24) is 0 Å². The van der Waals surface area contributed by atoms with Crippen LogP contribution in [0.2, 0.25) is 5.02 Å². The summed E-state index contributed by atoms with van der Waals surface area (Å²) in [4.78, 5) is 0. The van der Waals surface area contributed by atoms with Crippen molar-refractivity contribution in [3.8, 4) is 5.75 Å². The average Bonchev–Trinajstić information content (AvgIpc) is 2.33. The Hall–Kier alpha value is -1.04. The predicted molar refractivity (Wildman–Crippen MR) is 64.2 cm³/mol. The van der Waals surface area contributed by atoms with E-state index in [-0.39, 0.29) is 29.6 Å². The van der Waals surface area contributed by atoms with Crippen LogP contribution < -0.4 is 10.1 Å². The Morgan fingerprint density at radius 3 is 2.82 bits per heavy atom. The number of ether oxygens (including phenoxy) is 1. The van der Waals surface area contributed by atoms with Gasteiger partial charge in [-0.3, -0.25) is 0 Å². The molecule has 6 heteroatoms. The van der Waals surface area contributed by atoms with Gasteiger partial charge in [0.25, 0.3) is 0 Å². The fraction of sp³-hybridized carbons (Fsp3) is 0.455. The van der Waals surface area contributed by atoms with Crippen LogP contribution in [0.5, 0.6) is 5.75 Å². The molecule has 0 saturated heterocycles. The summed E-state index contributed by atoms with van der Waals surface area (Å²) in [5.41, 5.74) is 0.172. The second-order valence-electron chi connectivity index (χ2n) is 3.39. The Morgan fingerprint density at radius 1 is 1.53 bits per heavy atom. The van der Waals surface area contributed by atoms with Gasteiger partial charge in [0.15, 0.2) is 11.6 Å². The standard InChI is InChI=1S/C11H15ClFNO3/c1-2-17-11-8(12)3-4-9(10(11)13)14-5-7(16)6-15/h3-4,7,14-16H,2,5-6H2,1H3. The Labute approximate surface area is 104 Å². The molecule has 0 amide bonds. The lowest BCUT2D eigenvalue weighted by molar-refractivity contribution is 0.105. The van der Waals surface area contributed by atoms with Crippen molar-refractivity contribution in [1.29, 1.82) is 0 Å². The van der Waals surface area contributed by atoms with Crippen LogP contribution in [-0.4, -0.2) is 36.1 Å². The van der Waals surface area contributed by atoms with Gasteiger partial charge in [0.1, 0.15) is 0 Å². The molecule has 0 spiro atoms. The fourth-order valence-electron chi connectivity index (χ4n) is 1.24. The summed E-state index contributed by atoms with van der Waals surface area (Å²) in [6, 6.07) is 2.95. The maximum atomic E-state index is 13.9. The van der Waals surface area contributed by atoms with E-state index >= 15 is 0 Å². The summed E-state index contributed by atoms with van der Waals surface area (Å²) in [6.45, 7) is 1.69. The minimum Gasteiger partial charge on any atom is -0.489 e. The third-order valence-electron chi connectivity index (χ3n) is 2.08. The van der Waals surface area contributed by atoms with Crippen LogP contribution in [0, 0.1) is 5.82 Å². The summed E-state index contributed by atoms with van der Waals surface area (Å²) in [7, 11) is 0. The van der Waals surface area contributed by atoms with Crippen LogP contribution in [0.15, 0.2) is 12.1 Å². The lowest BCUT2D eigenvalue weighted by Crippen LogP contribution is -2.23. The van der Waals surface area contributed by atoms with E-state index < -0.39 is 11.9 Å². The van der Waals surface area contributed by atoms with Crippen molar-refractivity contribution in [2.45, 2.75) is 13.0 Å². The number of rotatable bonds is 6. The maximum absolute atomic E-state index is 13.9. The Kier molecular flexibility index (Phi) is 5.47. The largest absolute Gasteiger partial charge is 0.489 e. The van der Waals surface area contributed by atoms with E-state index in [4.69, 9.17) is 26.6 Å². The van der Waals surface area contributed by atoms with Gasteiger partial charge in [0.2, 0.25) is 0 Å². The van der Waals surface area contributed by atoms with Crippen LogP contribution in [0.4, 0.5) is 10.1 Å². The van der Waals surface area contributed by atoms with Crippen LogP contribution >= 0.6 is 11.6 Å². The smallest absolute Gasteiger partial charge is 0.189 e. The molecule has 0 saturated carbocycles. The van der Waals surface area contributed by atoms with E-state index in [1.165, 1.54) is 12.1 Å². The Morgan fingerprint density at radius 2 is 2.24 bits per heavy atom. The number of aliphatic hydroxyl groups is 2. The minimum atomic E-state index is -0.944.